The minimum atomic E-state index is -0.400. The van der Waals surface area contributed by atoms with Crippen molar-refractivity contribution in [3.8, 4) is 5.75 Å². The first kappa shape index (κ1) is 14.8. The molecule has 0 saturated heterocycles. The molecule has 2 rings (SSSR count). The number of carbonyl (C=O) groups is 1. The summed E-state index contributed by atoms with van der Waals surface area (Å²) in [5.74, 6) is 0.224. The van der Waals surface area contributed by atoms with Gasteiger partial charge in [-0.3, -0.25) is 4.98 Å². The molecule has 0 aliphatic rings. The molecule has 1 aromatic heterocycles. The molecule has 110 valence electrons. The van der Waals surface area contributed by atoms with Crippen LogP contribution in [0.15, 0.2) is 42.6 Å². The summed E-state index contributed by atoms with van der Waals surface area (Å²) in [5, 5.41) is 3.27. The number of ether oxygens (including phenoxy) is 2. The van der Waals surface area contributed by atoms with Crippen molar-refractivity contribution < 1.29 is 14.3 Å². The maximum absolute atomic E-state index is 11.0. The van der Waals surface area contributed by atoms with E-state index in [4.69, 9.17) is 4.74 Å². The molecule has 0 atom stereocenters. The van der Waals surface area contributed by atoms with Crippen molar-refractivity contribution >= 4 is 11.7 Å². The molecule has 1 N–H and O–H groups in total. The highest BCUT2D eigenvalue weighted by atomic mass is 16.6. The Morgan fingerprint density at radius 1 is 1.19 bits per heavy atom. The molecule has 0 spiro atoms. The van der Waals surface area contributed by atoms with E-state index in [2.05, 4.69) is 15.0 Å². The van der Waals surface area contributed by atoms with E-state index in [1.54, 1.807) is 12.1 Å². The largest absolute Gasteiger partial charge is 0.482 e. The van der Waals surface area contributed by atoms with Gasteiger partial charge in [0.05, 0.1) is 19.3 Å². The fraction of sp³-hybridized carbons (Fsp3) is 0.250. The van der Waals surface area contributed by atoms with E-state index < -0.39 is 5.97 Å². The normalized spacial score (nSPS) is 10.0. The van der Waals surface area contributed by atoms with E-state index in [9.17, 15) is 4.79 Å². The third kappa shape index (κ3) is 4.80. The van der Waals surface area contributed by atoms with Crippen LogP contribution in [0.3, 0.4) is 0 Å². The number of rotatable bonds is 6. The zero-order valence-corrected chi connectivity index (χ0v) is 12.1. The van der Waals surface area contributed by atoms with Gasteiger partial charge in [0.2, 0.25) is 0 Å². The van der Waals surface area contributed by atoms with Crippen LogP contribution in [0.4, 0.5) is 5.69 Å². The van der Waals surface area contributed by atoms with Gasteiger partial charge in [-0.1, -0.05) is 6.07 Å². The molecule has 0 bridgehead atoms. The average Bonchev–Trinajstić information content (AvgIpc) is 2.53. The van der Waals surface area contributed by atoms with Gasteiger partial charge in [0.25, 0.3) is 0 Å². The standard InChI is InChI=1S/C16H18N2O3/c1-12-3-4-14(17-9-12)10-18-13-5-7-15(8-6-13)21-11-16(19)20-2/h3-9,18H,10-11H2,1-2H3. The highest BCUT2D eigenvalue weighted by molar-refractivity contribution is 5.70. The fourth-order valence-corrected chi connectivity index (χ4v) is 1.67. The molecular weight excluding hydrogens is 268 g/mol. The summed E-state index contributed by atoms with van der Waals surface area (Å²) in [4.78, 5) is 15.3. The van der Waals surface area contributed by atoms with Gasteiger partial charge in [-0.25, -0.2) is 4.79 Å². The number of pyridine rings is 1. The molecule has 5 nitrogen and oxygen atoms in total. The van der Waals surface area contributed by atoms with E-state index in [0.29, 0.717) is 12.3 Å². The van der Waals surface area contributed by atoms with Gasteiger partial charge in [-0.05, 0) is 42.8 Å². The van der Waals surface area contributed by atoms with Gasteiger partial charge >= 0.3 is 5.97 Å². The Hall–Kier alpha value is -2.56. The third-order valence-corrected chi connectivity index (χ3v) is 2.88. The van der Waals surface area contributed by atoms with E-state index in [1.807, 2.05) is 37.4 Å². The molecule has 5 heteroatoms. The van der Waals surface area contributed by atoms with Crippen molar-refractivity contribution in [3.05, 3.63) is 53.9 Å². The lowest BCUT2D eigenvalue weighted by Gasteiger charge is -2.08. The Labute approximate surface area is 123 Å². The third-order valence-electron chi connectivity index (χ3n) is 2.88. The lowest BCUT2D eigenvalue weighted by molar-refractivity contribution is -0.142. The lowest BCUT2D eigenvalue weighted by Crippen LogP contribution is -2.12. The number of hydrogen-bond donors (Lipinski definition) is 1. The monoisotopic (exact) mass is 286 g/mol. The number of benzene rings is 1. The lowest BCUT2D eigenvalue weighted by atomic mass is 10.2. The molecule has 0 aliphatic heterocycles. The molecular formula is C16H18N2O3. The van der Waals surface area contributed by atoms with Crippen LogP contribution in [0.2, 0.25) is 0 Å². The quantitative estimate of drug-likeness (QED) is 0.827. The first-order valence-corrected chi connectivity index (χ1v) is 6.62. The molecule has 21 heavy (non-hydrogen) atoms. The number of nitrogens with zero attached hydrogens (tertiary/aromatic N) is 1. The Kier molecular flexibility index (Phi) is 5.15. The van der Waals surface area contributed by atoms with Crippen molar-refractivity contribution in [2.75, 3.05) is 19.0 Å². The van der Waals surface area contributed by atoms with Crippen molar-refractivity contribution in [3.63, 3.8) is 0 Å². The van der Waals surface area contributed by atoms with Crippen LogP contribution in [0.25, 0.3) is 0 Å². The van der Waals surface area contributed by atoms with Gasteiger partial charge in [-0.2, -0.15) is 0 Å². The van der Waals surface area contributed by atoms with Crippen LogP contribution in [-0.2, 0) is 16.1 Å². The summed E-state index contributed by atoms with van der Waals surface area (Å²) in [7, 11) is 1.33. The Morgan fingerprint density at radius 3 is 2.57 bits per heavy atom. The Morgan fingerprint density at radius 2 is 1.95 bits per heavy atom. The summed E-state index contributed by atoms with van der Waals surface area (Å²) >= 11 is 0. The number of carbonyl (C=O) groups excluding carboxylic acids is 1. The zero-order chi connectivity index (χ0) is 15.1. The predicted molar refractivity (Wildman–Crippen MR) is 80.3 cm³/mol. The Balaban J connectivity index is 1.84. The van der Waals surface area contributed by atoms with Crippen LogP contribution in [0.5, 0.6) is 5.75 Å². The molecule has 0 unspecified atom stereocenters. The summed E-state index contributed by atoms with van der Waals surface area (Å²) in [5.41, 5.74) is 3.08. The van der Waals surface area contributed by atoms with E-state index in [1.165, 1.54) is 7.11 Å². The minimum Gasteiger partial charge on any atom is -0.482 e. The molecule has 2 aromatic rings. The maximum atomic E-state index is 11.0. The van der Waals surface area contributed by atoms with Crippen LogP contribution in [0.1, 0.15) is 11.3 Å². The van der Waals surface area contributed by atoms with Gasteiger partial charge in [0.1, 0.15) is 5.75 Å². The number of aromatic nitrogens is 1. The molecule has 0 radical (unpaired) electrons. The maximum Gasteiger partial charge on any atom is 0.343 e. The Bertz CT molecular complexity index is 579. The van der Waals surface area contributed by atoms with Crippen LogP contribution >= 0.6 is 0 Å². The summed E-state index contributed by atoms with van der Waals surface area (Å²) in [6, 6.07) is 11.4. The van der Waals surface area contributed by atoms with Crippen LogP contribution in [-0.4, -0.2) is 24.7 Å². The van der Waals surface area contributed by atoms with Crippen molar-refractivity contribution in [2.45, 2.75) is 13.5 Å². The second-order valence-corrected chi connectivity index (χ2v) is 4.57. The highest BCUT2D eigenvalue weighted by Gasteiger charge is 2.02. The number of anilines is 1. The second kappa shape index (κ2) is 7.28. The fourth-order valence-electron chi connectivity index (χ4n) is 1.67. The van der Waals surface area contributed by atoms with Crippen LogP contribution < -0.4 is 10.1 Å². The number of nitrogens with one attached hydrogen (secondary N) is 1. The number of hydrogen-bond acceptors (Lipinski definition) is 5. The number of esters is 1. The van der Waals surface area contributed by atoms with Gasteiger partial charge in [0, 0.05) is 11.9 Å². The summed E-state index contributed by atoms with van der Waals surface area (Å²) in [6.07, 6.45) is 1.85. The molecule has 1 heterocycles. The number of aryl methyl sites for hydroxylation is 1. The first-order valence-electron chi connectivity index (χ1n) is 6.62. The minimum absolute atomic E-state index is 0.0867. The van der Waals surface area contributed by atoms with E-state index in [0.717, 1.165) is 16.9 Å². The molecule has 0 saturated carbocycles. The predicted octanol–water partition coefficient (Wildman–Crippen LogP) is 2.55. The van der Waals surface area contributed by atoms with Crippen molar-refractivity contribution in [1.29, 1.82) is 0 Å². The molecule has 0 fully saturated rings. The zero-order valence-electron chi connectivity index (χ0n) is 12.1. The van der Waals surface area contributed by atoms with Gasteiger partial charge in [0.15, 0.2) is 6.61 Å². The number of methoxy groups -OCH3 is 1. The van der Waals surface area contributed by atoms with E-state index in [-0.39, 0.29) is 6.61 Å². The van der Waals surface area contributed by atoms with Gasteiger partial charge < -0.3 is 14.8 Å². The average molecular weight is 286 g/mol. The molecule has 1 aromatic carbocycles. The van der Waals surface area contributed by atoms with Gasteiger partial charge in [-0.15, -0.1) is 0 Å². The SMILES string of the molecule is COC(=O)COc1ccc(NCc2ccc(C)cn2)cc1. The van der Waals surface area contributed by atoms with Crippen molar-refractivity contribution in [2.24, 2.45) is 0 Å². The topological polar surface area (TPSA) is 60.5 Å². The first-order chi connectivity index (χ1) is 10.2. The smallest absolute Gasteiger partial charge is 0.343 e. The molecule has 0 amide bonds. The summed E-state index contributed by atoms with van der Waals surface area (Å²) < 4.78 is 9.78. The second-order valence-electron chi connectivity index (χ2n) is 4.57. The van der Waals surface area contributed by atoms with Crippen LogP contribution in [0, 0.1) is 6.92 Å². The van der Waals surface area contributed by atoms with E-state index >= 15 is 0 Å². The van der Waals surface area contributed by atoms with Crippen molar-refractivity contribution in [1.82, 2.24) is 4.98 Å². The summed E-state index contributed by atoms with van der Waals surface area (Å²) in [6.45, 7) is 2.58. The molecule has 0 aliphatic carbocycles. The highest BCUT2D eigenvalue weighted by Crippen LogP contribution is 2.16.